The van der Waals surface area contributed by atoms with Crippen molar-refractivity contribution in [2.75, 3.05) is 31.5 Å². The number of likely N-dealkylation sites (N-methyl/N-ethyl adjacent to an activating group) is 1. The van der Waals surface area contributed by atoms with Crippen molar-refractivity contribution in [1.82, 2.24) is 14.9 Å². The molecule has 3 aromatic rings. The lowest BCUT2D eigenvalue weighted by molar-refractivity contribution is -0.895. The van der Waals surface area contributed by atoms with Gasteiger partial charge in [0, 0.05) is 29.7 Å². The minimum atomic E-state index is -0.496. The fraction of sp³-hybridized carbons (Fsp3) is 0.360. The molecular formula is C25H32N5O3+. The summed E-state index contributed by atoms with van der Waals surface area (Å²) in [6.07, 6.45) is 1.55. The molecular weight excluding hydrogens is 418 g/mol. The average molecular weight is 451 g/mol. The lowest BCUT2D eigenvalue weighted by Gasteiger charge is -2.15. The van der Waals surface area contributed by atoms with Crippen LogP contribution in [0.15, 0.2) is 47.4 Å². The largest absolute Gasteiger partial charge is 0.346 e. The zero-order valence-electron chi connectivity index (χ0n) is 19.7. The number of carbonyl (C=O) groups is 2. The van der Waals surface area contributed by atoms with Gasteiger partial charge in [0.05, 0.1) is 31.6 Å². The lowest BCUT2D eigenvalue weighted by atomic mass is 10.1. The van der Waals surface area contributed by atoms with Crippen LogP contribution < -0.4 is 21.0 Å². The molecule has 3 rings (SSSR count). The first kappa shape index (κ1) is 24.1. The van der Waals surface area contributed by atoms with Gasteiger partial charge in [-0.2, -0.15) is 0 Å². The van der Waals surface area contributed by atoms with Crippen LogP contribution in [0.1, 0.15) is 47.2 Å². The van der Waals surface area contributed by atoms with Crippen molar-refractivity contribution < 1.29 is 14.5 Å². The van der Waals surface area contributed by atoms with Crippen LogP contribution in [-0.2, 0) is 6.54 Å². The number of benzene rings is 1. The van der Waals surface area contributed by atoms with E-state index in [4.69, 9.17) is 0 Å². The maximum Gasteiger partial charge on any atom is 0.261 e. The normalized spacial score (nSPS) is 11.1. The van der Waals surface area contributed by atoms with Gasteiger partial charge in [-0.1, -0.05) is 0 Å². The number of aromatic nitrogens is 2. The van der Waals surface area contributed by atoms with Crippen LogP contribution >= 0.6 is 0 Å². The van der Waals surface area contributed by atoms with Crippen LogP contribution in [0.5, 0.6) is 0 Å². The Labute approximate surface area is 193 Å². The summed E-state index contributed by atoms with van der Waals surface area (Å²) in [6.45, 7) is 12.2. The Morgan fingerprint density at radius 2 is 1.70 bits per heavy atom. The number of nitrogens with one attached hydrogen (secondary N) is 3. The Hall–Kier alpha value is -3.52. The smallest absolute Gasteiger partial charge is 0.261 e. The fourth-order valence-corrected chi connectivity index (χ4v) is 3.72. The molecule has 174 valence electrons. The first-order valence-electron chi connectivity index (χ1n) is 11.4. The average Bonchev–Trinajstić information content (AvgIpc) is 2.82. The van der Waals surface area contributed by atoms with Gasteiger partial charge in [0.2, 0.25) is 5.43 Å². The molecule has 0 bridgehead atoms. The highest BCUT2D eigenvalue weighted by molar-refractivity contribution is 6.05. The summed E-state index contributed by atoms with van der Waals surface area (Å²) in [4.78, 5) is 44.0. The van der Waals surface area contributed by atoms with E-state index in [1.165, 1.54) is 4.90 Å². The molecule has 0 unspecified atom stereocenters. The van der Waals surface area contributed by atoms with Crippen molar-refractivity contribution in [2.24, 2.45) is 0 Å². The Balaban J connectivity index is 1.71. The van der Waals surface area contributed by atoms with Gasteiger partial charge in [-0.25, -0.2) is 4.98 Å². The molecule has 2 heterocycles. The van der Waals surface area contributed by atoms with Gasteiger partial charge in [0.1, 0.15) is 11.2 Å². The quantitative estimate of drug-likeness (QED) is 0.462. The van der Waals surface area contributed by atoms with Gasteiger partial charge < -0.3 is 20.1 Å². The van der Waals surface area contributed by atoms with E-state index in [9.17, 15) is 14.4 Å². The molecule has 0 saturated carbocycles. The predicted molar refractivity (Wildman–Crippen MR) is 130 cm³/mol. The molecule has 0 radical (unpaired) electrons. The summed E-state index contributed by atoms with van der Waals surface area (Å²) < 4.78 is 1.80. The van der Waals surface area contributed by atoms with Crippen LogP contribution in [-0.4, -0.2) is 47.5 Å². The topological polar surface area (TPSA) is 97.5 Å². The van der Waals surface area contributed by atoms with Gasteiger partial charge in [0.15, 0.2) is 0 Å². The summed E-state index contributed by atoms with van der Waals surface area (Å²) in [7, 11) is 0. The Morgan fingerprint density at radius 1 is 1.00 bits per heavy atom. The molecule has 0 fully saturated rings. The highest BCUT2D eigenvalue weighted by Gasteiger charge is 2.16. The minimum Gasteiger partial charge on any atom is -0.346 e. The number of pyridine rings is 2. The number of amides is 2. The first-order chi connectivity index (χ1) is 15.9. The third-order valence-corrected chi connectivity index (χ3v) is 5.81. The van der Waals surface area contributed by atoms with E-state index >= 15 is 0 Å². The molecule has 33 heavy (non-hydrogen) atoms. The second-order valence-electron chi connectivity index (χ2n) is 7.98. The van der Waals surface area contributed by atoms with E-state index in [1.54, 1.807) is 47.2 Å². The van der Waals surface area contributed by atoms with E-state index in [0.717, 1.165) is 25.3 Å². The van der Waals surface area contributed by atoms with Crippen molar-refractivity contribution in [3.05, 3.63) is 69.6 Å². The van der Waals surface area contributed by atoms with Crippen LogP contribution in [0.3, 0.4) is 0 Å². The molecule has 0 aliphatic heterocycles. The molecule has 0 saturated heterocycles. The lowest BCUT2D eigenvalue weighted by Crippen LogP contribution is -3.12. The first-order valence-corrected chi connectivity index (χ1v) is 11.4. The van der Waals surface area contributed by atoms with Crippen LogP contribution in [0, 0.1) is 6.92 Å². The monoisotopic (exact) mass is 450 g/mol. The number of rotatable bonds is 9. The number of hydrogen-bond acceptors (Lipinski definition) is 4. The van der Waals surface area contributed by atoms with E-state index in [2.05, 4.69) is 29.5 Å². The molecule has 0 spiro atoms. The summed E-state index contributed by atoms with van der Waals surface area (Å²) in [5.74, 6) is -0.647. The Kier molecular flexibility index (Phi) is 7.95. The van der Waals surface area contributed by atoms with Crippen LogP contribution in [0.2, 0.25) is 0 Å². The van der Waals surface area contributed by atoms with Gasteiger partial charge in [-0.3, -0.25) is 14.4 Å². The van der Waals surface area contributed by atoms with Gasteiger partial charge >= 0.3 is 0 Å². The number of aryl methyl sites for hydroxylation is 2. The van der Waals surface area contributed by atoms with Crippen molar-refractivity contribution >= 4 is 28.5 Å². The summed E-state index contributed by atoms with van der Waals surface area (Å²) in [5, 5.41) is 6.10. The van der Waals surface area contributed by atoms with Gasteiger partial charge in [0.25, 0.3) is 11.8 Å². The standard InChI is InChI=1S/C25H31N5O3/c1-5-29(6-2)15-14-26-24(32)18-9-11-19(12-10-18)28-25(33)21-16-30(7-3)23-20(22(21)31)13-8-17(4)27-23/h8-13,16H,5-7,14-15H2,1-4H3,(H,26,32)(H,28,33)/p+1. The SMILES string of the molecule is CCn1cc(C(=O)Nc2ccc(C(=O)NCC[NH+](CC)CC)cc2)c(=O)c2ccc(C)nc21. The number of nitrogens with zero attached hydrogens (tertiary/aromatic N) is 2. The Morgan fingerprint density at radius 3 is 2.33 bits per heavy atom. The number of anilines is 1. The third-order valence-electron chi connectivity index (χ3n) is 5.81. The highest BCUT2D eigenvalue weighted by atomic mass is 16.2. The van der Waals surface area contributed by atoms with Crippen molar-refractivity contribution in [3.63, 3.8) is 0 Å². The van der Waals surface area contributed by atoms with Gasteiger partial charge in [-0.05, 0) is 64.1 Å². The fourth-order valence-electron chi connectivity index (χ4n) is 3.72. The molecule has 8 heteroatoms. The zero-order chi connectivity index (χ0) is 24.0. The predicted octanol–water partition coefficient (Wildman–Crippen LogP) is 1.63. The van der Waals surface area contributed by atoms with Gasteiger partial charge in [-0.15, -0.1) is 0 Å². The van der Waals surface area contributed by atoms with E-state index in [-0.39, 0.29) is 16.9 Å². The summed E-state index contributed by atoms with van der Waals surface area (Å²) >= 11 is 0. The molecule has 0 aliphatic rings. The summed E-state index contributed by atoms with van der Waals surface area (Å²) in [5.41, 5.74) is 2.09. The number of fused-ring (bicyclic) bond motifs is 1. The molecule has 1 aromatic carbocycles. The molecule has 2 amide bonds. The van der Waals surface area contributed by atoms with Crippen molar-refractivity contribution in [3.8, 4) is 0 Å². The van der Waals surface area contributed by atoms with Crippen LogP contribution in [0.25, 0.3) is 11.0 Å². The van der Waals surface area contributed by atoms with Crippen molar-refractivity contribution in [2.45, 2.75) is 34.2 Å². The van der Waals surface area contributed by atoms with Crippen molar-refractivity contribution in [1.29, 1.82) is 0 Å². The second-order valence-corrected chi connectivity index (χ2v) is 7.98. The maximum atomic E-state index is 12.9. The van der Waals surface area contributed by atoms with E-state index < -0.39 is 5.91 Å². The molecule has 0 aliphatic carbocycles. The molecule has 2 aromatic heterocycles. The zero-order valence-corrected chi connectivity index (χ0v) is 19.7. The number of quaternary nitrogens is 1. The molecule has 8 nitrogen and oxygen atoms in total. The van der Waals surface area contributed by atoms with E-state index in [1.807, 2.05) is 13.8 Å². The minimum absolute atomic E-state index is 0.0516. The maximum absolute atomic E-state index is 12.9. The molecule has 3 N–H and O–H groups in total. The Bertz CT molecular complexity index is 1200. The number of hydrogen-bond donors (Lipinski definition) is 3. The molecule has 0 atom stereocenters. The second kappa shape index (κ2) is 10.9. The summed E-state index contributed by atoms with van der Waals surface area (Å²) in [6, 6.07) is 10.1. The third kappa shape index (κ3) is 5.64. The highest BCUT2D eigenvalue weighted by Crippen LogP contribution is 2.14. The number of carbonyl (C=O) groups excluding carboxylic acids is 2. The van der Waals surface area contributed by atoms with E-state index in [0.29, 0.717) is 35.4 Å². The van der Waals surface area contributed by atoms with Crippen LogP contribution in [0.4, 0.5) is 5.69 Å².